The van der Waals surface area contributed by atoms with Crippen LogP contribution in [0.1, 0.15) is 27.2 Å². The summed E-state index contributed by atoms with van der Waals surface area (Å²) in [4.78, 5) is 4.31. The molecule has 0 radical (unpaired) electrons. The second-order valence-electron chi connectivity index (χ2n) is 6.28. The molecule has 1 aromatic carbocycles. The smallest absolute Gasteiger partial charge is 0.191 e. The van der Waals surface area contributed by atoms with Crippen LogP contribution in [0.4, 0.5) is 5.69 Å². The van der Waals surface area contributed by atoms with E-state index in [0.717, 1.165) is 24.1 Å². The average Bonchev–Trinajstić information content (AvgIpc) is 3.17. The van der Waals surface area contributed by atoms with Gasteiger partial charge in [-0.15, -0.1) is 24.0 Å². The zero-order valence-corrected chi connectivity index (χ0v) is 16.3. The number of aliphatic imine (C=N–C) groups is 1. The van der Waals surface area contributed by atoms with Gasteiger partial charge in [-0.3, -0.25) is 4.99 Å². The quantitative estimate of drug-likeness (QED) is 0.379. The molecule has 3 N–H and O–H groups in total. The van der Waals surface area contributed by atoms with Gasteiger partial charge in [0.15, 0.2) is 5.96 Å². The van der Waals surface area contributed by atoms with Crippen molar-refractivity contribution in [2.24, 2.45) is 16.8 Å². The first-order valence-electron chi connectivity index (χ1n) is 7.89. The van der Waals surface area contributed by atoms with E-state index in [1.54, 1.807) is 0 Å². The van der Waals surface area contributed by atoms with Crippen molar-refractivity contribution in [1.82, 2.24) is 10.6 Å². The molecule has 0 amide bonds. The number of para-hydroxylation sites is 1. The fourth-order valence-electron chi connectivity index (χ4n) is 2.30. The molecule has 5 heteroatoms. The van der Waals surface area contributed by atoms with Crippen molar-refractivity contribution < 1.29 is 0 Å². The van der Waals surface area contributed by atoms with Crippen LogP contribution in [0.3, 0.4) is 0 Å². The molecule has 1 fully saturated rings. The maximum absolute atomic E-state index is 4.31. The van der Waals surface area contributed by atoms with Crippen molar-refractivity contribution in [1.29, 1.82) is 0 Å². The minimum Gasteiger partial charge on any atom is -0.380 e. The summed E-state index contributed by atoms with van der Waals surface area (Å²) < 4.78 is 0. The molecule has 124 valence electrons. The predicted molar refractivity (Wildman–Crippen MR) is 106 cm³/mol. The van der Waals surface area contributed by atoms with Crippen LogP contribution < -0.4 is 16.0 Å². The van der Waals surface area contributed by atoms with Crippen molar-refractivity contribution in [2.75, 3.05) is 18.9 Å². The number of guanidine groups is 1. The van der Waals surface area contributed by atoms with Crippen LogP contribution in [0.2, 0.25) is 0 Å². The first kappa shape index (κ1) is 19.1. The lowest BCUT2D eigenvalue weighted by Gasteiger charge is -2.25. The van der Waals surface area contributed by atoms with E-state index in [1.165, 1.54) is 6.42 Å². The minimum absolute atomic E-state index is 0. The van der Waals surface area contributed by atoms with E-state index in [2.05, 4.69) is 66.0 Å². The van der Waals surface area contributed by atoms with Crippen LogP contribution in [0, 0.1) is 11.8 Å². The normalized spacial score (nSPS) is 21.8. The first-order valence-corrected chi connectivity index (χ1v) is 7.89. The molecule has 3 atom stereocenters. The lowest BCUT2D eigenvalue weighted by molar-refractivity contribution is 0.512. The van der Waals surface area contributed by atoms with E-state index in [-0.39, 0.29) is 24.0 Å². The Morgan fingerprint density at radius 2 is 1.91 bits per heavy atom. The van der Waals surface area contributed by atoms with Gasteiger partial charge in [-0.2, -0.15) is 0 Å². The molecule has 0 saturated heterocycles. The highest BCUT2D eigenvalue weighted by Crippen LogP contribution is 2.28. The summed E-state index contributed by atoms with van der Waals surface area (Å²) in [5.74, 6) is 2.22. The van der Waals surface area contributed by atoms with Gasteiger partial charge < -0.3 is 16.0 Å². The van der Waals surface area contributed by atoms with Crippen LogP contribution in [-0.4, -0.2) is 31.6 Å². The van der Waals surface area contributed by atoms with Crippen molar-refractivity contribution in [3.8, 4) is 0 Å². The number of halogens is 1. The van der Waals surface area contributed by atoms with E-state index >= 15 is 0 Å². The highest BCUT2D eigenvalue weighted by molar-refractivity contribution is 14.0. The Hall–Kier alpha value is -0.980. The Labute approximate surface area is 151 Å². The molecule has 0 bridgehead atoms. The number of hydrogen-bond acceptors (Lipinski definition) is 2. The van der Waals surface area contributed by atoms with E-state index < -0.39 is 0 Å². The highest BCUT2D eigenvalue weighted by Gasteiger charge is 2.33. The zero-order valence-electron chi connectivity index (χ0n) is 14.0. The molecule has 0 heterocycles. The minimum atomic E-state index is 0. The maximum atomic E-state index is 4.31. The molecular formula is C17H29IN4. The van der Waals surface area contributed by atoms with Crippen molar-refractivity contribution in [3.63, 3.8) is 0 Å². The molecule has 1 aromatic rings. The molecule has 3 unspecified atom stereocenters. The van der Waals surface area contributed by atoms with Gasteiger partial charge in [0.1, 0.15) is 0 Å². The summed E-state index contributed by atoms with van der Waals surface area (Å²) in [7, 11) is 1.83. The van der Waals surface area contributed by atoms with Crippen molar-refractivity contribution in [3.05, 3.63) is 30.3 Å². The maximum Gasteiger partial charge on any atom is 0.191 e. The molecule has 1 aliphatic rings. The number of hydrogen-bond donors (Lipinski definition) is 3. The third kappa shape index (κ3) is 6.02. The Bertz CT molecular complexity index is 461. The predicted octanol–water partition coefficient (Wildman–Crippen LogP) is 3.31. The molecule has 4 nitrogen and oxygen atoms in total. The summed E-state index contributed by atoms with van der Waals surface area (Å²) in [6.45, 7) is 7.59. The number of rotatable bonds is 6. The summed E-state index contributed by atoms with van der Waals surface area (Å²) in [6, 6.07) is 11.3. The van der Waals surface area contributed by atoms with E-state index in [1.807, 2.05) is 13.1 Å². The van der Waals surface area contributed by atoms with Crippen molar-refractivity contribution >= 4 is 35.6 Å². The lowest BCUT2D eigenvalue weighted by atomic mass is 10.0. The summed E-state index contributed by atoms with van der Waals surface area (Å²) >= 11 is 0. The monoisotopic (exact) mass is 416 g/mol. The number of nitrogens with zero attached hydrogens (tertiary/aromatic N) is 1. The fraction of sp³-hybridized carbons (Fsp3) is 0.588. The number of anilines is 1. The molecule has 2 rings (SSSR count). The third-order valence-electron chi connectivity index (χ3n) is 4.08. The molecular weight excluding hydrogens is 387 g/mol. The van der Waals surface area contributed by atoms with Crippen LogP contribution in [-0.2, 0) is 0 Å². The second kappa shape index (κ2) is 9.22. The average molecular weight is 416 g/mol. The summed E-state index contributed by atoms with van der Waals surface area (Å²) in [6.07, 6.45) is 1.25. The van der Waals surface area contributed by atoms with Gasteiger partial charge in [0.05, 0.1) is 0 Å². The first-order chi connectivity index (χ1) is 10.1. The van der Waals surface area contributed by atoms with E-state index in [4.69, 9.17) is 0 Å². The summed E-state index contributed by atoms with van der Waals surface area (Å²) in [5.41, 5.74) is 1.16. The van der Waals surface area contributed by atoms with Crippen LogP contribution in [0.15, 0.2) is 35.3 Å². The van der Waals surface area contributed by atoms with Gasteiger partial charge in [0.2, 0.25) is 0 Å². The molecule has 1 aliphatic carbocycles. The molecule has 0 aromatic heterocycles. The Morgan fingerprint density at radius 3 is 2.41 bits per heavy atom. The number of nitrogens with one attached hydrogen (secondary N) is 3. The van der Waals surface area contributed by atoms with E-state index in [9.17, 15) is 0 Å². The molecule has 22 heavy (non-hydrogen) atoms. The molecule has 0 spiro atoms. The van der Waals surface area contributed by atoms with Crippen LogP contribution in [0.5, 0.6) is 0 Å². The topological polar surface area (TPSA) is 48.5 Å². The molecule has 0 aliphatic heterocycles. The number of benzene rings is 1. The Balaban J connectivity index is 0.00000242. The van der Waals surface area contributed by atoms with E-state index in [0.29, 0.717) is 18.0 Å². The Morgan fingerprint density at radius 1 is 1.27 bits per heavy atom. The van der Waals surface area contributed by atoms with Crippen molar-refractivity contribution in [2.45, 2.75) is 39.3 Å². The van der Waals surface area contributed by atoms with Gasteiger partial charge in [-0.05, 0) is 30.4 Å². The molecule has 1 saturated carbocycles. The Kier molecular flexibility index (Phi) is 8.00. The lowest BCUT2D eigenvalue weighted by Crippen LogP contribution is -2.45. The summed E-state index contributed by atoms with van der Waals surface area (Å²) in [5, 5.41) is 10.5. The highest BCUT2D eigenvalue weighted by atomic mass is 127. The van der Waals surface area contributed by atoms with Crippen LogP contribution in [0.25, 0.3) is 0 Å². The van der Waals surface area contributed by atoms with Gasteiger partial charge in [0.25, 0.3) is 0 Å². The van der Waals surface area contributed by atoms with Crippen LogP contribution >= 0.6 is 24.0 Å². The second-order valence-corrected chi connectivity index (χ2v) is 6.28. The standard InChI is InChI=1S/C17H28N4.HI/c1-12(2)16(20-14-8-6-5-7-9-14)11-19-17(18-4)21-15-10-13(15)3;/h5-9,12-13,15-16,20H,10-11H2,1-4H3,(H2,18,19,21);1H. The van der Waals surface area contributed by atoms with Gasteiger partial charge >= 0.3 is 0 Å². The fourth-order valence-corrected chi connectivity index (χ4v) is 2.30. The largest absolute Gasteiger partial charge is 0.380 e. The third-order valence-corrected chi connectivity index (χ3v) is 4.08. The zero-order chi connectivity index (χ0) is 15.2. The SMILES string of the molecule is CN=C(NCC(Nc1ccccc1)C(C)C)NC1CC1C.I. The van der Waals surface area contributed by atoms with Gasteiger partial charge in [-0.1, -0.05) is 39.0 Å². The van der Waals surface area contributed by atoms with Gasteiger partial charge in [-0.25, -0.2) is 0 Å². The van der Waals surface area contributed by atoms with Gasteiger partial charge in [0, 0.05) is 31.4 Å².